The maximum Gasteiger partial charge on any atom is 0.164 e. The third kappa shape index (κ3) is 1.81. The van der Waals surface area contributed by atoms with Crippen molar-refractivity contribution in [2.24, 2.45) is 5.73 Å². The zero-order chi connectivity index (χ0) is 11.7. The molecule has 0 radical (unpaired) electrons. The topological polar surface area (TPSA) is 51.8 Å². The van der Waals surface area contributed by atoms with Crippen LogP contribution < -0.4 is 5.73 Å². The predicted molar refractivity (Wildman–Crippen MR) is 57.0 cm³/mol. The molecule has 0 bridgehead atoms. The molecule has 0 spiro atoms. The minimum atomic E-state index is -0.902. The van der Waals surface area contributed by atoms with E-state index >= 15 is 0 Å². The maximum atomic E-state index is 13.6. The Bertz CT molecular complexity index is 499. The van der Waals surface area contributed by atoms with Crippen LogP contribution in [0.2, 0.25) is 0 Å². The molecular formula is C10H9F2N3S. The van der Waals surface area contributed by atoms with E-state index in [1.54, 1.807) is 0 Å². The number of halogens is 2. The van der Waals surface area contributed by atoms with Crippen LogP contribution in [0, 0.1) is 18.6 Å². The second-order valence-electron chi connectivity index (χ2n) is 3.40. The van der Waals surface area contributed by atoms with E-state index in [2.05, 4.69) is 9.59 Å². The molecule has 2 rings (SSSR count). The van der Waals surface area contributed by atoms with Gasteiger partial charge in [0.15, 0.2) is 11.6 Å². The Morgan fingerprint density at radius 2 is 2.06 bits per heavy atom. The van der Waals surface area contributed by atoms with Gasteiger partial charge >= 0.3 is 0 Å². The molecule has 0 aliphatic rings. The monoisotopic (exact) mass is 241 g/mol. The van der Waals surface area contributed by atoms with E-state index in [4.69, 9.17) is 5.73 Å². The SMILES string of the molecule is Cc1ccc(C(N)c2cnns2)c(F)c1F. The normalized spacial score (nSPS) is 12.8. The first-order valence-corrected chi connectivity index (χ1v) is 5.36. The number of nitrogens with zero attached hydrogens (tertiary/aromatic N) is 2. The summed E-state index contributed by atoms with van der Waals surface area (Å²) < 4.78 is 30.6. The van der Waals surface area contributed by atoms with E-state index in [9.17, 15) is 8.78 Å². The number of aryl methyl sites for hydroxylation is 1. The van der Waals surface area contributed by atoms with Crippen LogP contribution in [-0.4, -0.2) is 9.59 Å². The zero-order valence-corrected chi connectivity index (χ0v) is 9.26. The molecule has 3 nitrogen and oxygen atoms in total. The molecule has 0 saturated carbocycles. The van der Waals surface area contributed by atoms with E-state index < -0.39 is 17.7 Å². The molecule has 0 saturated heterocycles. The smallest absolute Gasteiger partial charge is 0.164 e. The molecular weight excluding hydrogens is 232 g/mol. The summed E-state index contributed by atoms with van der Waals surface area (Å²) in [5.41, 5.74) is 6.18. The Labute approximate surface area is 95.1 Å². The first kappa shape index (κ1) is 11.1. The molecule has 1 atom stereocenters. The number of benzene rings is 1. The van der Waals surface area contributed by atoms with Gasteiger partial charge in [0.1, 0.15) is 0 Å². The Balaban J connectivity index is 2.45. The van der Waals surface area contributed by atoms with Crippen molar-refractivity contribution in [3.8, 4) is 0 Å². The van der Waals surface area contributed by atoms with Gasteiger partial charge in [-0.25, -0.2) is 8.78 Å². The highest BCUT2D eigenvalue weighted by molar-refractivity contribution is 7.05. The number of hydrogen-bond acceptors (Lipinski definition) is 4. The first-order valence-electron chi connectivity index (χ1n) is 4.58. The summed E-state index contributed by atoms with van der Waals surface area (Å²) in [6, 6.07) is 2.26. The molecule has 16 heavy (non-hydrogen) atoms. The van der Waals surface area contributed by atoms with Crippen LogP contribution in [0.1, 0.15) is 22.0 Å². The quantitative estimate of drug-likeness (QED) is 0.876. The van der Waals surface area contributed by atoms with E-state index in [0.29, 0.717) is 4.88 Å². The van der Waals surface area contributed by atoms with Gasteiger partial charge in [-0.3, -0.25) is 0 Å². The summed E-state index contributed by atoms with van der Waals surface area (Å²) in [7, 11) is 0. The van der Waals surface area contributed by atoms with Crippen molar-refractivity contribution in [3.05, 3.63) is 46.0 Å². The molecule has 1 heterocycles. The summed E-state index contributed by atoms with van der Waals surface area (Å²) in [5, 5.41) is 3.61. The Hall–Kier alpha value is -1.40. The highest BCUT2D eigenvalue weighted by Gasteiger charge is 2.19. The van der Waals surface area contributed by atoms with Crippen molar-refractivity contribution in [1.82, 2.24) is 9.59 Å². The van der Waals surface area contributed by atoms with Gasteiger partial charge in [0, 0.05) is 5.56 Å². The molecule has 1 aromatic heterocycles. The highest BCUT2D eigenvalue weighted by Crippen LogP contribution is 2.26. The molecule has 6 heteroatoms. The van der Waals surface area contributed by atoms with E-state index in [0.717, 1.165) is 11.5 Å². The minimum absolute atomic E-state index is 0.120. The molecule has 84 valence electrons. The third-order valence-electron chi connectivity index (χ3n) is 2.33. The Morgan fingerprint density at radius 1 is 1.31 bits per heavy atom. The van der Waals surface area contributed by atoms with Gasteiger partial charge in [-0.1, -0.05) is 16.6 Å². The third-order valence-corrected chi connectivity index (χ3v) is 3.07. The summed E-state index contributed by atoms with van der Waals surface area (Å²) in [4.78, 5) is 0.599. The number of rotatable bonds is 2. The lowest BCUT2D eigenvalue weighted by molar-refractivity contribution is 0.490. The van der Waals surface area contributed by atoms with Gasteiger partial charge < -0.3 is 5.73 Å². The van der Waals surface area contributed by atoms with Crippen LogP contribution >= 0.6 is 11.5 Å². The lowest BCUT2D eigenvalue weighted by atomic mass is 10.0. The molecule has 2 aromatic rings. The summed E-state index contributed by atoms with van der Waals surface area (Å²) in [6.07, 6.45) is 1.45. The molecule has 0 aliphatic carbocycles. The lowest BCUT2D eigenvalue weighted by Gasteiger charge is -2.11. The van der Waals surface area contributed by atoms with Crippen LogP contribution in [0.25, 0.3) is 0 Å². The van der Waals surface area contributed by atoms with Crippen LogP contribution in [0.5, 0.6) is 0 Å². The van der Waals surface area contributed by atoms with Crippen molar-refractivity contribution < 1.29 is 8.78 Å². The molecule has 1 unspecified atom stereocenters. The molecule has 1 aromatic carbocycles. The second kappa shape index (κ2) is 4.23. The fourth-order valence-electron chi connectivity index (χ4n) is 1.37. The van der Waals surface area contributed by atoms with Crippen LogP contribution in [0.15, 0.2) is 18.3 Å². The second-order valence-corrected chi connectivity index (χ2v) is 4.21. The number of hydrogen-bond donors (Lipinski definition) is 1. The molecule has 0 aliphatic heterocycles. The minimum Gasteiger partial charge on any atom is -0.319 e. The van der Waals surface area contributed by atoms with Gasteiger partial charge in [-0.05, 0) is 24.0 Å². The lowest BCUT2D eigenvalue weighted by Crippen LogP contribution is -2.13. The van der Waals surface area contributed by atoms with Crippen molar-refractivity contribution in [3.63, 3.8) is 0 Å². The standard InChI is InChI=1S/C10H9F2N3S/c1-5-2-3-6(9(12)8(5)11)10(13)7-4-14-15-16-7/h2-4,10H,13H2,1H3. The number of nitrogens with two attached hydrogens (primary N) is 1. The van der Waals surface area contributed by atoms with Gasteiger partial charge in [-0.2, -0.15) is 0 Å². The van der Waals surface area contributed by atoms with Gasteiger partial charge in [0.25, 0.3) is 0 Å². The maximum absolute atomic E-state index is 13.6. The summed E-state index contributed by atoms with van der Waals surface area (Å²) in [6.45, 7) is 1.50. The predicted octanol–water partition coefficient (Wildman–Crippen LogP) is 2.17. The Kier molecular flexibility index (Phi) is 2.93. The molecule has 0 fully saturated rings. The van der Waals surface area contributed by atoms with Gasteiger partial charge in [-0.15, -0.1) is 5.10 Å². The number of aromatic nitrogens is 2. The van der Waals surface area contributed by atoms with Crippen LogP contribution in [0.4, 0.5) is 8.78 Å². The average molecular weight is 241 g/mol. The van der Waals surface area contributed by atoms with E-state index in [-0.39, 0.29) is 11.1 Å². The fraction of sp³-hybridized carbons (Fsp3) is 0.200. The van der Waals surface area contributed by atoms with Crippen molar-refractivity contribution in [1.29, 1.82) is 0 Å². The van der Waals surface area contributed by atoms with Crippen molar-refractivity contribution in [2.45, 2.75) is 13.0 Å². The van der Waals surface area contributed by atoms with E-state index in [1.165, 1.54) is 25.3 Å². The highest BCUT2D eigenvalue weighted by atomic mass is 32.1. The summed E-state index contributed by atoms with van der Waals surface area (Å²) >= 11 is 1.07. The fourth-order valence-corrected chi connectivity index (χ4v) is 1.89. The van der Waals surface area contributed by atoms with Crippen LogP contribution in [-0.2, 0) is 0 Å². The van der Waals surface area contributed by atoms with Crippen molar-refractivity contribution >= 4 is 11.5 Å². The summed E-state index contributed by atoms with van der Waals surface area (Å²) in [5.74, 6) is -1.76. The van der Waals surface area contributed by atoms with Gasteiger partial charge in [0.2, 0.25) is 0 Å². The van der Waals surface area contributed by atoms with Crippen LogP contribution in [0.3, 0.4) is 0 Å². The first-order chi connectivity index (χ1) is 7.61. The molecule has 0 amide bonds. The Morgan fingerprint density at radius 3 is 2.69 bits per heavy atom. The molecule has 2 N–H and O–H groups in total. The van der Waals surface area contributed by atoms with Crippen molar-refractivity contribution in [2.75, 3.05) is 0 Å². The van der Waals surface area contributed by atoms with E-state index in [1.807, 2.05) is 0 Å². The average Bonchev–Trinajstić information content (AvgIpc) is 2.79. The largest absolute Gasteiger partial charge is 0.319 e. The zero-order valence-electron chi connectivity index (χ0n) is 8.45. The van der Waals surface area contributed by atoms with Gasteiger partial charge in [0.05, 0.1) is 17.1 Å².